The second-order valence-corrected chi connectivity index (χ2v) is 3.33. The summed E-state index contributed by atoms with van der Waals surface area (Å²) in [6.07, 6.45) is 3.40. The number of allylic oxidation sites excluding steroid dienone is 1. The van der Waals surface area contributed by atoms with Crippen molar-refractivity contribution in [2.75, 3.05) is 33.0 Å². The van der Waals surface area contributed by atoms with Crippen LogP contribution < -0.4 is 0 Å². The first-order valence-corrected chi connectivity index (χ1v) is 5.91. The van der Waals surface area contributed by atoms with E-state index in [9.17, 15) is 4.79 Å². The van der Waals surface area contributed by atoms with Gasteiger partial charge in [0, 0.05) is 0 Å². The fourth-order valence-corrected chi connectivity index (χ4v) is 1.02. The van der Waals surface area contributed by atoms with Gasteiger partial charge in [-0.25, -0.2) is 4.79 Å². The molecule has 0 unspecified atom stereocenters. The van der Waals surface area contributed by atoms with Crippen LogP contribution in [-0.2, 0) is 19.0 Å². The van der Waals surface area contributed by atoms with Gasteiger partial charge in [-0.15, -0.1) is 0 Å². The summed E-state index contributed by atoms with van der Waals surface area (Å²) in [7, 11) is 0. The van der Waals surface area contributed by atoms with Gasteiger partial charge in [0.1, 0.15) is 6.61 Å². The highest BCUT2D eigenvalue weighted by Crippen LogP contribution is 2.02. The van der Waals surface area contributed by atoms with Crippen molar-refractivity contribution in [2.45, 2.75) is 26.7 Å². The van der Waals surface area contributed by atoms with Crippen LogP contribution in [0, 0.1) is 0 Å². The van der Waals surface area contributed by atoms with E-state index in [4.69, 9.17) is 19.3 Å². The second kappa shape index (κ2) is 11.4. The SMILES string of the molecule is CC=C(OCCOCCO)C(=O)OCCCC. The zero-order valence-corrected chi connectivity index (χ0v) is 10.6. The normalized spacial score (nSPS) is 11.4. The Hall–Kier alpha value is -1.07. The highest BCUT2D eigenvalue weighted by molar-refractivity contribution is 5.86. The first-order chi connectivity index (χ1) is 8.26. The molecule has 0 spiro atoms. The smallest absolute Gasteiger partial charge is 0.373 e. The molecular formula is C12H22O5. The molecule has 100 valence electrons. The lowest BCUT2D eigenvalue weighted by atomic mass is 10.4. The minimum Gasteiger partial charge on any atom is -0.484 e. The Kier molecular flexibility index (Phi) is 10.7. The van der Waals surface area contributed by atoms with Crippen molar-refractivity contribution in [3.8, 4) is 0 Å². The maximum absolute atomic E-state index is 11.5. The van der Waals surface area contributed by atoms with Gasteiger partial charge in [0.2, 0.25) is 0 Å². The van der Waals surface area contributed by atoms with Crippen molar-refractivity contribution in [2.24, 2.45) is 0 Å². The lowest BCUT2D eigenvalue weighted by Crippen LogP contribution is -2.14. The third-order valence-corrected chi connectivity index (χ3v) is 1.92. The Morgan fingerprint density at radius 3 is 2.53 bits per heavy atom. The quantitative estimate of drug-likeness (QED) is 0.272. The number of aliphatic hydroxyl groups excluding tert-OH is 1. The zero-order chi connectivity index (χ0) is 12.9. The molecule has 0 aliphatic heterocycles. The monoisotopic (exact) mass is 246 g/mol. The Balaban J connectivity index is 3.71. The molecule has 0 aromatic heterocycles. The van der Waals surface area contributed by atoms with Gasteiger partial charge in [-0.3, -0.25) is 0 Å². The molecule has 5 heteroatoms. The van der Waals surface area contributed by atoms with Gasteiger partial charge in [-0.05, 0) is 19.4 Å². The zero-order valence-electron chi connectivity index (χ0n) is 10.6. The van der Waals surface area contributed by atoms with E-state index in [2.05, 4.69) is 0 Å². The van der Waals surface area contributed by atoms with Crippen LogP contribution in [0.5, 0.6) is 0 Å². The second-order valence-electron chi connectivity index (χ2n) is 3.33. The summed E-state index contributed by atoms with van der Waals surface area (Å²) in [5, 5.41) is 8.48. The molecule has 0 amide bonds. The van der Waals surface area contributed by atoms with Crippen LogP contribution in [0.3, 0.4) is 0 Å². The molecule has 0 rings (SSSR count). The van der Waals surface area contributed by atoms with E-state index >= 15 is 0 Å². The summed E-state index contributed by atoms with van der Waals surface area (Å²) in [6.45, 7) is 5.01. The molecule has 0 atom stereocenters. The minimum absolute atomic E-state index is 0.0183. The van der Waals surface area contributed by atoms with Crippen molar-refractivity contribution >= 4 is 5.97 Å². The molecule has 0 fully saturated rings. The van der Waals surface area contributed by atoms with Crippen LogP contribution in [0.15, 0.2) is 11.8 Å². The third-order valence-electron chi connectivity index (χ3n) is 1.92. The van der Waals surface area contributed by atoms with E-state index in [0.29, 0.717) is 13.2 Å². The van der Waals surface area contributed by atoms with Crippen molar-refractivity contribution in [1.82, 2.24) is 0 Å². The number of carbonyl (C=O) groups is 1. The van der Waals surface area contributed by atoms with Gasteiger partial charge in [0.25, 0.3) is 0 Å². The molecule has 17 heavy (non-hydrogen) atoms. The molecule has 0 saturated heterocycles. The highest BCUT2D eigenvalue weighted by atomic mass is 16.6. The molecule has 0 saturated carbocycles. The molecule has 0 aromatic carbocycles. The minimum atomic E-state index is -0.442. The van der Waals surface area contributed by atoms with Crippen LogP contribution in [0.25, 0.3) is 0 Å². The Morgan fingerprint density at radius 2 is 1.94 bits per heavy atom. The first kappa shape index (κ1) is 15.9. The fourth-order valence-electron chi connectivity index (χ4n) is 1.02. The summed E-state index contributed by atoms with van der Waals surface area (Å²) in [5.74, 6) is -0.239. The predicted octanol–water partition coefficient (Wildman–Crippen LogP) is 1.26. The first-order valence-electron chi connectivity index (χ1n) is 5.91. The summed E-state index contributed by atoms with van der Waals surface area (Å²) in [5.41, 5.74) is 0. The summed E-state index contributed by atoms with van der Waals surface area (Å²) in [6, 6.07) is 0. The van der Waals surface area contributed by atoms with Crippen LogP contribution in [0.2, 0.25) is 0 Å². The van der Waals surface area contributed by atoms with Gasteiger partial charge in [-0.1, -0.05) is 13.3 Å². The van der Waals surface area contributed by atoms with Crippen LogP contribution in [-0.4, -0.2) is 44.1 Å². The average molecular weight is 246 g/mol. The van der Waals surface area contributed by atoms with E-state index in [-0.39, 0.29) is 25.6 Å². The molecule has 1 N–H and O–H groups in total. The number of esters is 1. The van der Waals surface area contributed by atoms with Crippen LogP contribution in [0.1, 0.15) is 26.7 Å². The number of hydrogen-bond donors (Lipinski definition) is 1. The lowest BCUT2D eigenvalue weighted by molar-refractivity contribution is -0.143. The van der Waals surface area contributed by atoms with E-state index in [1.165, 1.54) is 0 Å². The molecule has 0 radical (unpaired) electrons. The van der Waals surface area contributed by atoms with Crippen LogP contribution in [0.4, 0.5) is 0 Å². The number of hydrogen-bond acceptors (Lipinski definition) is 5. The van der Waals surface area contributed by atoms with Crippen molar-refractivity contribution in [1.29, 1.82) is 0 Å². The predicted molar refractivity (Wildman–Crippen MR) is 63.5 cm³/mol. The number of unbranched alkanes of at least 4 members (excludes halogenated alkanes) is 1. The van der Waals surface area contributed by atoms with Crippen molar-refractivity contribution in [3.05, 3.63) is 11.8 Å². The molecular weight excluding hydrogens is 224 g/mol. The molecule has 0 aromatic rings. The Morgan fingerprint density at radius 1 is 1.18 bits per heavy atom. The van der Waals surface area contributed by atoms with Gasteiger partial charge in [-0.2, -0.15) is 0 Å². The van der Waals surface area contributed by atoms with E-state index in [0.717, 1.165) is 12.8 Å². The van der Waals surface area contributed by atoms with E-state index in [1.807, 2.05) is 6.92 Å². The van der Waals surface area contributed by atoms with Crippen molar-refractivity contribution < 1.29 is 24.1 Å². The lowest BCUT2D eigenvalue weighted by Gasteiger charge is -2.09. The largest absolute Gasteiger partial charge is 0.484 e. The fraction of sp³-hybridized carbons (Fsp3) is 0.750. The maximum Gasteiger partial charge on any atom is 0.373 e. The van der Waals surface area contributed by atoms with Gasteiger partial charge in [0.15, 0.2) is 5.76 Å². The number of ether oxygens (including phenoxy) is 3. The van der Waals surface area contributed by atoms with Gasteiger partial charge in [0.05, 0.1) is 26.4 Å². The number of rotatable bonds is 10. The molecule has 5 nitrogen and oxygen atoms in total. The third kappa shape index (κ3) is 8.71. The average Bonchev–Trinajstić information content (AvgIpc) is 2.34. The van der Waals surface area contributed by atoms with E-state index in [1.54, 1.807) is 13.0 Å². The highest BCUT2D eigenvalue weighted by Gasteiger charge is 2.10. The summed E-state index contributed by atoms with van der Waals surface area (Å²) in [4.78, 5) is 11.5. The molecule has 0 heterocycles. The molecule has 0 aliphatic carbocycles. The Labute approximate surface area is 102 Å². The Bertz CT molecular complexity index is 225. The summed E-state index contributed by atoms with van der Waals surface area (Å²) >= 11 is 0. The maximum atomic E-state index is 11.5. The number of aliphatic hydroxyl groups is 1. The summed E-state index contributed by atoms with van der Waals surface area (Å²) < 4.78 is 15.2. The van der Waals surface area contributed by atoms with Crippen LogP contribution >= 0.6 is 0 Å². The van der Waals surface area contributed by atoms with Gasteiger partial charge >= 0.3 is 5.97 Å². The molecule has 0 bridgehead atoms. The molecule has 0 aliphatic rings. The van der Waals surface area contributed by atoms with Gasteiger partial charge < -0.3 is 19.3 Å². The number of carbonyl (C=O) groups excluding carboxylic acids is 1. The topological polar surface area (TPSA) is 65.0 Å². The standard InChI is InChI=1S/C12H22O5/c1-3-5-7-17-12(14)11(4-2)16-10-9-15-8-6-13/h4,13H,3,5-10H2,1-2H3. The van der Waals surface area contributed by atoms with E-state index < -0.39 is 5.97 Å². The van der Waals surface area contributed by atoms with Crippen molar-refractivity contribution in [3.63, 3.8) is 0 Å².